The zero-order valence-corrected chi connectivity index (χ0v) is 16.1. The van der Waals surface area contributed by atoms with Crippen molar-refractivity contribution in [2.75, 3.05) is 26.7 Å². The highest BCUT2D eigenvalue weighted by molar-refractivity contribution is 5.97. The van der Waals surface area contributed by atoms with E-state index in [4.69, 9.17) is 9.84 Å². The number of hydrogen-bond acceptors (Lipinski definition) is 4. The normalized spacial score (nSPS) is 17.2. The molecule has 0 aromatic heterocycles. The second-order valence-corrected chi connectivity index (χ2v) is 7.10. The van der Waals surface area contributed by atoms with Crippen LogP contribution in [-0.2, 0) is 4.79 Å². The van der Waals surface area contributed by atoms with Crippen molar-refractivity contribution in [2.45, 2.75) is 25.3 Å². The Morgan fingerprint density at radius 1 is 1.07 bits per heavy atom. The summed E-state index contributed by atoms with van der Waals surface area (Å²) in [6, 6.07) is 16.9. The Kier molecular flexibility index (Phi) is 6.66. The summed E-state index contributed by atoms with van der Waals surface area (Å²) >= 11 is 0. The molecular formula is C22H26N2O4. The summed E-state index contributed by atoms with van der Waals surface area (Å²) in [7, 11) is 1.83. The van der Waals surface area contributed by atoms with Gasteiger partial charge in [-0.25, -0.2) is 0 Å². The molecule has 1 N–H and O–H groups in total. The SMILES string of the molecule is CN(CC(=O)O)C1CCCN(C(=O)c2ccccc2Oc2ccccc2)CC1. The number of carboxylic acids is 1. The lowest BCUT2D eigenvalue weighted by Crippen LogP contribution is -2.37. The molecule has 1 atom stereocenters. The van der Waals surface area contributed by atoms with Gasteiger partial charge in [0.05, 0.1) is 12.1 Å². The maximum Gasteiger partial charge on any atom is 0.317 e. The van der Waals surface area contributed by atoms with E-state index in [0.717, 1.165) is 19.3 Å². The third kappa shape index (κ3) is 5.10. The molecule has 6 nitrogen and oxygen atoms in total. The van der Waals surface area contributed by atoms with Crippen LogP contribution in [0.1, 0.15) is 29.6 Å². The summed E-state index contributed by atoms with van der Waals surface area (Å²) < 4.78 is 5.93. The Balaban J connectivity index is 1.70. The number of hydrogen-bond donors (Lipinski definition) is 1. The number of carbonyl (C=O) groups is 2. The minimum atomic E-state index is -0.827. The van der Waals surface area contributed by atoms with Crippen LogP contribution in [0.2, 0.25) is 0 Å². The van der Waals surface area contributed by atoms with Crippen LogP contribution in [0.5, 0.6) is 11.5 Å². The van der Waals surface area contributed by atoms with Crippen LogP contribution in [0.4, 0.5) is 0 Å². The van der Waals surface area contributed by atoms with Gasteiger partial charge in [0, 0.05) is 19.1 Å². The van der Waals surface area contributed by atoms with Crippen LogP contribution in [0.3, 0.4) is 0 Å². The molecule has 1 unspecified atom stereocenters. The minimum Gasteiger partial charge on any atom is -0.480 e. The average molecular weight is 382 g/mol. The van der Waals surface area contributed by atoms with Gasteiger partial charge in [0.1, 0.15) is 11.5 Å². The van der Waals surface area contributed by atoms with E-state index in [1.807, 2.05) is 65.4 Å². The molecule has 1 fully saturated rings. The average Bonchev–Trinajstić information content (AvgIpc) is 2.94. The van der Waals surface area contributed by atoms with Crippen LogP contribution in [-0.4, -0.2) is 59.5 Å². The molecule has 28 heavy (non-hydrogen) atoms. The second-order valence-electron chi connectivity index (χ2n) is 7.10. The van der Waals surface area contributed by atoms with E-state index in [1.54, 1.807) is 6.07 Å². The molecule has 0 bridgehead atoms. The molecule has 148 valence electrons. The van der Waals surface area contributed by atoms with Crippen molar-refractivity contribution in [3.05, 3.63) is 60.2 Å². The van der Waals surface area contributed by atoms with Crippen LogP contribution in [0, 0.1) is 0 Å². The molecule has 0 radical (unpaired) electrons. The molecule has 1 heterocycles. The standard InChI is InChI=1S/C22H26N2O4/c1-23(16-21(25)26)17-8-7-14-24(15-13-17)22(27)19-11-5-6-12-20(19)28-18-9-3-2-4-10-18/h2-6,9-12,17H,7-8,13-16H2,1H3,(H,25,26). The zero-order valence-electron chi connectivity index (χ0n) is 16.1. The van der Waals surface area contributed by atoms with Gasteiger partial charge in [-0.3, -0.25) is 14.5 Å². The maximum absolute atomic E-state index is 13.2. The van der Waals surface area contributed by atoms with Crippen LogP contribution >= 0.6 is 0 Å². The number of carbonyl (C=O) groups excluding carboxylic acids is 1. The molecule has 6 heteroatoms. The van der Waals surface area contributed by atoms with Crippen molar-refractivity contribution in [2.24, 2.45) is 0 Å². The first kappa shape index (κ1) is 19.9. The van der Waals surface area contributed by atoms with Gasteiger partial charge < -0.3 is 14.7 Å². The topological polar surface area (TPSA) is 70.1 Å². The molecule has 1 amide bonds. The summed E-state index contributed by atoms with van der Waals surface area (Å²) in [6.45, 7) is 1.29. The van der Waals surface area contributed by atoms with E-state index in [1.165, 1.54) is 0 Å². The summed E-state index contributed by atoms with van der Waals surface area (Å²) in [6.07, 6.45) is 2.50. The minimum absolute atomic E-state index is 0.0202. The van der Waals surface area contributed by atoms with Gasteiger partial charge in [-0.1, -0.05) is 30.3 Å². The third-order valence-corrected chi connectivity index (χ3v) is 5.08. The molecule has 2 aromatic carbocycles. The lowest BCUT2D eigenvalue weighted by Gasteiger charge is -2.26. The van der Waals surface area contributed by atoms with Crippen molar-refractivity contribution in [3.8, 4) is 11.5 Å². The molecular weight excluding hydrogens is 356 g/mol. The predicted octanol–water partition coefficient (Wildman–Crippen LogP) is 3.49. The van der Waals surface area contributed by atoms with E-state index < -0.39 is 5.97 Å². The predicted molar refractivity (Wildman–Crippen MR) is 107 cm³/mol. The highest BCUT2D eigenvalue weighted by Gasteiger charge is 2.26. The van der Waals surface area contributed by atoms with Crippen LogP contribution < -0.4 is 4.74 Å². The Hall–Kier alpha value is -2.86. The van der Waals surface area contributed by atoms with E-state index in [-0.39, 0.29) is 18.5 Å². The number of likely N-dealkylation sites (N-methyl/N-ethyl adjacent to an activating group) is 1. The van der Waals surface area contributed by atoms with Gasteiger partial charge in [0.15, 0.2) is 0 Å². The zero-order chi connectivity index (χ0) is 19.9. The highest BCUT2D eigenvalue weighted by Crippen LogP contribution is 2.27. The first-order valence-electron chi connectivity index (χ1n) is 9.58. The molecule has 0 spiro atoms. The Labute approximate surface area is 165 Å². The Bertz CT molecular complexity index is 809. The number of para-hydroxylation sites is 2. The van der Waals surface area contributed by atoms with Gasteiger partial charge in [-0.05, 0) is 50.6 Å². The van der Waals surface area contributed by atoms with Crippen molar-refractivity contribution in [3.63, 3.8) is 0 Å². The van der Waals surface area contributed by atoms with Gasteiger partial charge in [-0.2, -0.15) is 0 Å². The van der Waals surface area contributed by atoms with Crippen molar-refractivity contribution in [1.29, 1.82) is 0 Å². The fourth-order valence-electron chi connectivity index (χ4n) is 3.58. The molecule has 1 saturated heterocycles. The summed E-state index contributed by atoms with van der Waals surface area (Å²) in [5.74, 6) is 0.358. The Morgan fingerprint density at radius 3 is 2.54 bits per heavy atom. The van der Waals surface area contributed by atoms with E-state index >= 15 is 0 Å². The first-order chi connectivity index (χ1) is 13.5. The number of benzene rings is 2. The van der Waals surface area contributed by atoms with Crippen molar-refractivity contribution >= 4 is 11.9 Å². The fraction of sp³-hybridized carbons (Fsp3) is 0.364. The smallest absolute Gasteiger partial charge is 0.317 e. The van der Waals surface area contributed by atoms with Gasteiger partial charge >= 0.3 is 5.97 Å². The summed E-state index contributed by atoms with van der Waals surface area (Å²) in [5.41, 5.74) is 0.545. The molecule has 2 aromatic rings. The van der Waals surface area contributed by atoms with Crippen LogP contribution in [0.25, 0.3) is 0 Å². The maximum atomic E-state index is 13.2. The number of likely N-dealkylation sites (tertiary alicyclic amines) is 1. The third-order valence-electron chi connectivity index (χ3n) is 5.08. The molecule has 3 rings (SSSR count). The molecule has 1 aliphatic rings. The Morgan fingerprint density at radius 2 is 1.79 bits per heavy atom. The number of amides is 1. The van der Waals surface area contributed by atoms with E-state index in [2.05, 4.69) is 0 Å². The number of carboxylic acid groups (broad SMARTS) is 1. The van der Waals surface area contributed by atoms with Gasteiger partial charge in [-0.15, -0.1) is 0 Å². The number of aliphatic carboxylic acids is 1. The van der Waals surface area contributed by atoms with E-state index in [0.29, 0.717) is 30.2 Å². The van der Waals surface area contributed by atoms with Crippen molar-refractivity contribution in [1.82, 2.24) is 9.80 Å². The van der Waals surface area contributed by atoms with Crippen molar-refractivity contribution < 1.29 is 19.4 Å². The van der Waals surface area contributed by atoms with Crippen LogP contribution in [0.15, 0.2) is 54.6 Å². The monoisotopic (exact) mass is 382 g/mol. The van der Waals surface area contributed by atoms with E-state index in [9.17, 15) is 9.59 Å². The number of ether oxygens (including phenoxy) is 1. The summed E-state index contributed by atoms with van der Waals surface area (Å²) in [5, 5.41) is 9.01. The lowest BCUT2D eigenvalue weighted by molar-refractivity contribution is -0.138. The van der Waals surface area contributed by atoms with Gasteiger partial charge in [0.2, 0.25) is 0 Å². The molecule has 0 aliphatic carbocycles. The largest absolute Gasteiger partial charge is 0.480 e. The second kappa shape index (κ2) is 9.37. The highest BCUT2D eigenvalue weighted by atomic mass is 16.5. The number of nitrogens with zero attached hydrogens (tertiary/aromatic N) is 2. The quantitative estimate of drug-likeness (QED) is 0.828. The number of rotatable bonds is 6. The first-order valence-corrected chi connectivity index (χ1v) is 9.58. The lowest BCUT2D eigenvalue weighted by atomic mass is 10.1. The van der Waals surface area contributed by atoms with Gasteiger partial charge in [0.25, 0.3) is 5.91 Å². The molecule has 1 aliphatic heterocycles. The fourth-order valence-corrected chi connectivity index (χ4v) is 3.58. The summed E-state index contributed by atoms with van der Waals surface area (Å²) in [4.78, 5) is 27.8. The molecule has 0 saturated carbocycles.